The van der Waals surface area contributed by atoms with Gasteiger partial charge in [-0.2, -0.15) is 0 Å². The first-order valence-electron chi connectivity index (χ1n) is 5.97. The number of hydrogen-bond donors (Lipinski definition) is 0. The molecule has 3 heteroatoms. The third-order valence-corrected chi connectivity index (χ3v) is 3.35. The van der Waals surface area contributed by atoms with Gasteiger partial charge in [0.1, 0.15) is 5.78 Å². The topological polar surface area (TPSA) is 29.5 Å². The predicted molar refractivity (Wildman–Crippen MR) is 58.9 cm³/mol. The van der Waals surface area contributed by atoms with Crippen LogP contribution in [0.2, 0.25) is 0 Å². The highest BCUT2D eigenvalue weighted by atomic mass is 16.5. The molecule has 3 nitrogen and oxygen atoms in total. The van der Waals surface area contributed by atoms with Gasteiger partial charge in [0.05, 0.1) is 18.2 Å². The van der Waals surface area contributed by atoms with Crippen molar-refractivity contribution in [1.82, 2.24) is 4.90 Å². The lowest BCUT2D eigenvalue weighted by molar-refractivity contribution is -0.122. The van der Waals surface area contributed by atoms with Crippen molar-refractivity contribution in [2.75, 3.05) is 19.6 Å². The minimum Gasteiger partial charge on any atom is -0.371 e. The fourth-order valence-corrected chi connectivity index (χ4v) is 2.56. The Balaban J connectivity index is 1.80. The fraction of sp³-hybridized carbons (Fsp3) is 0.917. The van der Waals surface area contributed by atoms with Crippen LogP contribution in [0.4, 0.5) is 0 Å². The van der Waals surface area contributed by atoms with Gasteiger partial charge >= 0.3 is 0 Å². The van der Waals surface area contributed by atoms with Crippen molar-refractivity contribution in [2.45, 2.75) is 51.2 Å². The van der Waals surface area contributed by atoms with E-state index in [1.165, 1.54) is 0 Å². The van der Waals surface area contributed by atoms with Gasteiger partial charge in [-0.3, -0.25) is 9.69 Å². The van der Waals surface area contributed by atoms with Gasteiger partial charge in [0.15, 0.2) is 0 Å². The van der Waals surface area contributed by atoms with Gasteiger partial charge in [-0.15, -0.1) is 0 Å². The zero-order valence-corrected chi connectivity index (χ0v) is 9.79. The van der Waals surface area contributed by atoms with Crippen molar-refractivity contribution in [1.29, 1.82) is 0 Å². The van der Waals surface area contributed by atoms with Gasteiger partial charge in [0, 0.05) is 13.0 Å². The largest absolute Gasteiger partial charge is 0.371 e. The second kappa shape index (κ2) is 4.22. The number of ketones is 1. The van der Waals surface area contributed by atoms with Crippen molar-refractivity contribution in [3.63, 3.8) is 0 Å². The Morgan fingerprint density at radius 1 is 1.53 bits per heavy atom. The van der Waals surface area contributed by atoms with Crippen LogP contribution in [0.15, 0.2) is 0 Å². The maximum absolute atomic E-state index is 11.3. The van der Waals surface area contributed by atoms with E-state index in [0.29, 0.717) is 18.4 Å². The minimum atomic E-state index is 0.0461. The number of hydrogen-bond acceptors (Lipinski definition) is 3. The summed E-state index contributed by atoms with van der Waals surface area (Å²) in [6.07, 6.45) is 4.41. The molecule has 0 spiro atoms. The summed E-state index contributed by atoms with van der Waals surface area (Å²) >= 11 is 0. The third kappa shape index (κ3) is 3.02. The summed E-state index contributed by atoms with van der Waals surface area (Å²) in [5.74, 6) is 0.388. The van der Waals surface area contributed by atoms with Gasteiger partial charge in [-0.05, 0) is 39.7 Å². The van der Waals surface area contributed by atoms with Crippen LogP contribution in [-0.4, -0.2) is 42.0 Å². The van der Waals surface area contributed by atoms with E-state index in [1.807, 2.05) is 0 Å². The lowest BCUT2D eigenvalue weighted by Crippen LogP contribution is -2.40. The third-order valence-electron chi connectivity index (χ3n) is 3.35. The molecule has 1 atom stereocenters. The molecule has 0 amide bonds. The molecular formula is C12H21NO2. The van der Waals surface area contributed by atoms with Crippen LogP contribution >= 0.6 is 0 Å². The van der Waals surface area contributed by atoms with E-state index >= 15 is 0 Å². The monoisotopic (exact) mass is 211 g/mol. The highest BCUT2D eigenvalue weighted by Gasteiger charge is 2.33. The Kier molecular flexibility index (Phi) is 3.12. The molecule has 0 N–H and O–H groups in total. The minimum absolute atomic E-state index is 0.0461. The lowest BCUT2D eigenvalue weighted by atomic mass is 10.0. The Morgan fingerprint density at radius 3 is 2.93 bits per heavy atom. The molecule has 0 saturated carbocycles. The SMILES string of the molecule is CC1(C)CCC(CN2CCCC(=O)C2)O1. The number of rotatable bonds is 2. The molecule has 1 unspecified atom stereocenters. The molecule has 2 saturated heterocycles. The number of piperidine rings is 1. The number of carbonyl (C=O) groups excluding carboxylic acids is 1. The number of likely N-dealkylation sites (tertiary alicyclic amines) is 1. The molecule has 2 heterocycles. The molecule has 0 aromatic heterocycles. The molecule has 0 bridgehead atoms. The average Bonchev–Trinajstić information content (AvgIpc) is 2.45. The molecule has 0 aromatic carbocycles. The Hall–Kier alpha value is -0.410. The summed E-state index contributed by atoms with van der Waals surface area (Å²) in [4.78, 5) is 13.5. The van der Waals surface area contributed by atoms with E-state index in [9.17, 15) is 4.79 Å². The Bertz CT molecular complexity index is 250. The maximum Gasteiger partial charge on any atom is 0.146 e. The molecule has 2 aliphatic heterocycles. The average molecular weight is 211 g/mol. The lowest BCUT2D eigenvalue weighted by Gasteiger charge is -2.28. The molecule has 86 valence electrons. The van der Waals surface area contributed by atoms with E-state index in [1.54, 1.807) is 0 Å². The second-order valence-electron chi connectivity index (χ2n) is 5.42. The van der Waals surface area contributed by atoms with Crippen LogP contribution in [0.5, 0.6) is 0 Å². The molecule has 0 aromatic rings. The normalized spacial score (nSPS) is 32.1. The summed E-state index contributed by atoms with van der Waals surface area (Å²) in [5, 5.41) is 0. The summed E-state index contributed by atoms with van der Waals surface area (Å²) in [6, 6.07) is 0. The van der Waals surface area contributed by atoms with Crippen LogP contribution in [0.1, 0.15) is 39.5 Å². The second-order valence-corrected chi connectivity index (χ2v) is 5.42. The molecular weight excluding hydrogens is 190 g/mol. The van der Waals surface area contributed by atoms with Gasteiger partial charge in [0.25, 0.3) is 0 Å². The van der Waals surface area contributed by atoms with Crippen molar-refractivity contribution < 1.29 is 9.53 Å². The van der Waals surface area contributed by atoms with Gasteiger partial charge in [-0.1, -0.05) is 0 Å². The molecule has 2 fully saturated rings. The predicted octanol–water partition coefficient (Wildman–Crippen LogP) is 1.61. The van der Waals surface area contributed by atoms with E-state index in [0.717, 1.165) is 38.8 Å². The first kappa shape index (κ1) is 11.1. The van der Waals surface area contributed by atoms with Crippen molar-refractivity contribution in [3.05, 3.63) is 0 Å². The fourth-order valence-electron chi connectivity index (χ4n) is 2.56. The smallest absolute Gasteiger partial charge is 0.146 e. The van der Waals surface area contributed by atoms with E-state index in [2.05, 4.69) is 18.7 Å². The number of Topliss-reactive ketones (excluding diaryl/α,β-unsaturated/α-hetero) is 1. The number of carbonyl (C=O) groups is 1. The van der Waals surface area contributed by atoms with Gasteiger partial charge < -0.3 is 4.74 Å². The molecule has 15 heavy (non-hydrogen) atoms. The van der Waals surface area contributed by atoms with E-state index < -0.39 is 0 Å². The van der Waals surface area contributed by atoms with Crippen LogP contribution in [-0.2, 0) is 9.53 Å². The number of nitrogens with zero attached hydrogens (tertiary/aromatic N) is 1. The molecule has 2 rings (SSSR count). The van der Waals surface area contributed by atoms with Crippen molar-refractivity contribution in [2.24, 2.45) is 0 Å². The van der Waals surface area contributed by atoms with Crippen LogP contribution in [0.25, 0.3) is 0 Å². The summed E-state index contributed by atoms with van der Waals surface area (Å²) in [7, 11) is 0. The summed E-state index contributed by atoms with van der Waals surface area (Å²) in [6.45, 7) is 6.93. The molecule has 2 aliphatic rings. The van der Waals surface area contributed by atoms with Crippen LogP contribution in [0, 0.1) is 0 Å². The Labute approximate surface area is 91.8 Å². The zero-order valence-electron chi connectivity index (χ0n) is 9.79. The number of ether oxygens (including phenoxy) is 1. The Morgan fingerprint density at radius 2 is 2.33 bits per heavy atom. The highest BCUT2D eigenvalue weighted by molar-refractivity contribution is 5.81. The molecule has 0 radical (unpaired) electrons. The first-order valence-corrected chi connectivity index (χ1v) is 5.97. The van der Waals surface area contributed by atoms with Gasteiger partial charge in [0.2, 0.25) is 0 Å². The van der Waals surface area contributed by atoms with Crippen LogP contribution < -0.4 is 0 Å². The van der Waals surface area contributed by atoms with Crippen molar-refractivity contribution >= 4 is 5.78 Å². The van der Waals surface area contributed by atoms with E-state index in [4.69, 9.17) is 4.74 Å². The maximum atomic E-state index is 11.3. The standard InChI is InChI=1S/C12H21NO2/c1-12(2)6-5-11(15-12)9-13-7-3-4-10(14)8-13/h11H,3-9H2,1-2H3. The van der Waals surface area contributed by atoms with Crippen molar-refractivity contribution in [3.8, 4) is 0 Å². The quantitative estimate of drug-likeness (QED) is 0.695. The van der Waals surface area contributed by atoms with Gasteiger partial charge in [-0.25, -0.2) is 0 Å². The zero-order chi connectivity index (χ0) is 10.9. The summed E-state index contributed by atoms with van der Waals surface area (Å²) < 4.78 is 5.93. The molecule has 0 aliphatic carbocycles. The van der Waals surface area contributed by atoms with E-state index in [-0.39, 0.29) is 5.60 Å². The first-order chi connectivity index (χ1) is 7.05. The highest BCUT2D eigenvalue weighted by Crippen LogP contribution is 2.29. The van der Waals surface area contributed by atoms with Crippen LogP contribution in [0.3, 0.4) is 0 Å². The summed E-state index contributed by atoms with van der Waals surface area (Å²) in [5.41, 5.74) is 0.0461.